The van der Waals surface area contributed by atoms with Gasteiger partial charge in [0.15, 0.2) is 9.84 Å². The third-order valence-corrected chi connectivity index (χ3v) is 7.65. The quantitative estimate of drug-likeness (QED) is 0.553. The van der Waals surface area contributed by atoms with Gasteiger partial charge >= 0.3 is 0 Å². The van der Waals surface area contributed by atoms with Crippen LogP contribution in [0.5, 0.6) is 5.75 Å². The summed E-state index contributed by atoms with van der Waals surface area (Å²) >= 11 is 0. The first kappa shape index (κ1) is 23.1. The number of benzene rings is 1. The van der Waals surface area contributed by atoms with Crippen LogP contribution in [-0.2, 0) is 29.4 Å². The minimum Gasteiger partial charge on any atom is -0.497 e. The lowest BCUT2D eigenvalue weighted by molar-refractivity contribution is -0.136. The SMILES string of the molecule is COc1ccc(S(=O)(=O)N[C@@H](C)C(=O)NC(C)C(=O)N2CCS(=O)(=O)CC2)cc1. The minimum absolute atomic E-state index is 0.0309. The molecule has 10 nitrogen and oxygen atoms in total. The highest BCUT2D eigenvalue weighted by Gasteiger charge is 2.30. The smallest absolute Gasteiger partial charge is 0.244 e. The third kappa shape index (κ3) is 6.15. The molecule has 1 heterocycles. The zero-order valence-electron chi connectivity index (χ0n) is 16.4. The molecule has 1 fully saturated rings. The number of carbonyl (C=O) groups excluding carboxylic acids is 2. The lowest BCUT2D eigenvalue weighted by Crippen LogP contribution is -2.54. The molecule has 162 valence electrons. The number of rotatable bonds is 7. The molecule has 12 heteroatoms. The Kier molecular flexibility index (Phi) is 7.25. The van der Waals surface area contributed by atoms with Crippen molar-refractivity contribution >= 4 is 31.7 Å². The van der Waals surface area contributed by atoms with Crippen LogP contribution in [0.2, 0.25) is 0 Å². The molecule has 1 aromatic carbocycles. The molecule has 0 aromatic heterocycles. The van der Waals surface area contributed by atoms with Crippen LogP contribution in [0.3, 0.4) is 0 Å². The molecule has 1 saturated heterocycles. The van der Waals surface area contributed by atoms with Crippen molar-refractivity contribution in [1.29, 1.82) is 0 Å². The molecule has 2 atom stereocenters. The summed E-state index contributed by atoms with van der Waals surface area (Å²) in [6.45, 7) is 2.97. The zero-order chi connectivity index (χ0) is 21.8. The number of sulfonamides is 1. The van der Waals surface area contributed by atoms with Gasteiger partial charge in [0, 0.05) is 13.1 Å². The van der Waals surface area contributed by atoms with Crippen molar-refractivity contribution in [2.24, 2.45) is 0 Å². The van der Waals surface area contributed by atoms with Gasteiger partial charge in [-0.25, -0.2) is 16.8 Å². The van der Waals surface area contributed by atoms with Crippen molar-refractivity contribution in [3.63, 3.8) is 0 Å². The number of hydrogen-bond donors (Lipinski definition) is 2. The molecule has 0 bridgehead atoms. The highest BCUT2D eigenvalue weighted by Crippen LogP contribution is 2.15. The fourth-order valence-corrected chi connectivity index (χ4v) is 5.12. The Balaban J connectivity index is 1.94. The Morgan fingerprint density at radius 2 is 1.62 bits per heavy atom. The number of nitrogens with zero attached hydrogens (tertiary/aromatic N) is 1. The summed E-state index contributed by atoms with van der Waals surface area (Å²) in [5.74, 6) is -0.826. The molecule has 2 amide bonds. The van der Waals surface area contributed by atoms with Crippen LogP contribution in [0.4, 0.5) is 0 Å². The second kappa shape index (κ2) is 9.09. The molecular weight excluding hydrogens is 422 g/mol. The number of amides is 2. The van der Waals surface area contributed by atoms with Gasteiger partial charge in [-0.05, 0) is 38.1 Å². The Hall–Kier alpha value is -2.18. The van der Waals surface area contributed by atoms with Crippen LogP contribution in [0, 0.1) is 0 Å². The van der Waals surface area contributed by atoms with Gasteiger partial charge in [0.05, 0.1) is 29.6 Å². The van der Waals surface area contributed by atoms with Gasteiger partial charge in [-0.15, -0.1) is 0 Å². The van der Waals surface area contributed by atoms with E-state index in [4.69, 9.17) is 4.74 Å². The maximum atomic E-state index is 12.4. The normalized spacial score (nSPS) is 18.5. The van der Waals surface area contributed by atoms with Crippen molar-refractivity contribution in [2.75, 3.05) is 31.7 Å². The number of ether oxygens (including phenoxy) is 1. The maximum Gasteiger partial charge on any atom is 0.244 e. The fraction of sp³-hybridized carbons (Fsp3) is 0.529. The molecule has 0 spiro atoms. The minimum atomic E-state index is -3.95. The van der Waals surface area contributed by atoms with E-state index in [0.29, 0.717) is 5.75 Å². The molecular formula is C17H25N3O7S2. The number of sulfone groups is 1. The summed E-state index contributed by atoms with van der Waals surface area (Å²) in [6, 6.07) is 3.62. The monoisotopic (exact) mass is 447 g/mol. The van der Waals surface area contributed by atoms with E-state index in [1.807, 2.05) is 0 Å². The molecule has 2 rings (SSSR count). The van der Waals surface area contributed by atoms with Gasteiger partial charge in [-0.2, -0.15) is 4.72 Å². The first-order valence-electron chi connectivity index (χ1n) is 8.91. The van der Waals surface area contributed by atoms with E-state index >= 15 is 0 Å². The second-order valence-corrected chi connectivity index (χ2v) is 10.7. The van der Waals surface area contributed by atoms with Crippen LogP contribution < -0.4 is 14.8 Å². The first-order chi connectivity index (χ1) is 13.4. The van der Waals surface area contributed by atoms with E-state index in [1.54, 1.807) is 0 Å². The van der Waals surface area contributed by atoms with E-state index < -0.39 is 43.8 Å². The van der Waals surface area contributed by atoms with Crippen LogP contribution in [0.1, 0.15) is 13.8 Å². The third-order valence-electron chi connectivity index (χ3n) is 4.48. The topological polar surface area (TPSA) is 139 Å². The summed E-state index contributed by atoms with van der Waals surface area (Å²) in [4.78, 5) is 26.1. The molecule has 2 N–H and O–H groups in total. The Morgan fingerprint density at radius 3 is 2.14 bits per heavy atom. The molecule has 1 unspecified atom stereocenters. The number of nitrogens with one attached hydrogen (secondary N) is 2. The molecule has 1 aromatic rings. The second-order valence-electron chi connectivity index (χ2n) is 6.73. The van der Waals surface area contributed by atoms with Crippen molar-refractivity contribution < 1.29 is 31.2 Å². The van der Waals surface area contributed by atoms with E-state index in [1.165, 1.54) is 50.1 Å². The Bertz CT molecular complexity index is 945. The summed E-state index contributed by atoms with van der Waals surface area (Å²) in [6.07, 6.45) is 0. The van der Waals surface area contributed by atoms with Crippen LogP contribution in [0.25, 0.3) is 0 Å². The predicted octanol–water partition coefficient (Wildman–Crippen LogP) is -0.876. The average molecular weight is 448 g/mol. The highest BCUT2D eigenvalue weighted by atomic mass is 32.2. The summed E-state index contributed by atoms with van der Waals surface area (Å²) in [5, 5.41) is 2.46. The molecule has 0 radical (unpaired) electrons. The Morgan fingerprint density at radius 1 is 1.07 bits per heavy atom. The zero-order valence-corrected chi connectivity index (χ0v) is 18.0. The molecule has 1 aliphatic rings. The van der Waals surface area contributed by atoms with E-state index in [0.717, 1.165) is 0 Å². The van der Waals surface area contributed by atoms with Crippen molar-refractivity contribution in [3.05, 3.63) is 24.3 Å². The molecule has 1 aliphatic heterocycles. The first-order valence-corrected chi connectivity index (χ1v) is 12.2. The van der Waals surface area contributed by atoms with Gasteiger partial charge in [0.1, 0.15) is 11.8 Å². The molecule has 0 saturated carbocycles. The summed E-state index contributed by atoms with van der Waals surface area (Å²) < 4.78 is 55.0. The summed E-state index contributed by atoms with van der Waals surface area (Å²) in [5.41, 5.74) is 0. The van der Waals surface area contributed by atoms with E-state index in [2.05, 4.69) is 10.0 Å². The largest absolute Gasteiger partial charge is 0.497 e. The lowest BCUT2D eigenvalue weighted by atomic mass is 10.2. The van der Waals surface area contributed by atoms with Crippen LogP contribution in [0.15, 0.2) is 29.2 Å². The van der Waals surface area contributed by atoms with Gasteiger partial charge in [0.25, 0.3) is 0 Å². The van der Waals surface area contributed by atoms with Gasteiger partial charge in [-0.1, -0.05) is 0 Å². The fourth-order valence-electron chi connectivity index (χ4n) is 2.72. The highest BCUT2D eigenvalue weighted by molar-refractivity contribution is 7.91. The van der Waals surface area contributed by atoms with Crippen LogP contribution in [-0.4, -0.2) is 77.3 Å². The van der Waals surface area contributed by atoms with Crippen LogP contribution >= 0.6 is 0 Å². The predicted molar refractivity (Wildman–Crippen MR) is 106 cm³/mol. The Labute approximate surface area is 170 Å². The maximum absolute atomic E-state index is 12.4. The average Bonchev–Trinajstić information content (AvgIpc) is 2.67. The van der Waals surface area contributed by atoms with Crippen molar-refractivity contribution in [1.82, 2.24) is 14.9 Å². The molecule has 0 aliphatic carbocycles. The number of methoxy groups -OCH3 is 1. The summed E-state index contributed by atoms with van der Waals surface area (Å²) in [7, 11) is -5.62. The van der Waals surface area contributed by atoms with Gasteiger partial charge < -0.3 is 15.0 Å². The van der Waals surface area contributed by atoms with Gasteiger partial charge in [0.2, 0.25) is 21.8 Å². The molecule has 29 heavy (non-hydrogen) atoms. The van der Waals surface area contributed by atoms with Crippen molar-refractivity contribution in [3.8, 4) is 5.75 Å². The standard InChI is InChI=1S/C17H25N3O7S2/c1-12(19-29(25,26)15-6-4-14(27-3)5-7-15)16(21)18-13(2)17(22)20-8-10-28(23,24)11-9-20/h4-7,12-13,19H,8-11H2,1-3H3,(H,18,21)/t12-,13?/m0/s1. The van der Waals surface area contributed by atoms with Crippen molar-refractivity contribution in [2.45, 2.75) is 30.8 Å². The lowest BCUT2D eigenvalue weighted by Gasteiger charge is -2.29. The van der Waals surface area contributed by atoms with E-state index in [-0.39, 0.29) is 29.5 Å². The van der Waals surface area contributed by atoms with E-state index in [9.17, 15) is 26.4 Å². The number of carbonyl (C=O) groups is 2. The van der Waals surface area contributed by atoms with Gasteiger partial charge in [-0.3, -0.25) is 9.59 Å². The number of hydrogen-bond acceptors (Lipinski definition) is 7.